The van der Waals surface area contributed by atoms with Gasteiger partial charge in [0, 0.05) is 17.0 Å². The van der Waals surface area contributed by atoms with Crippen LogP contribution in [0.4, 0.5) is 0 Å². The number of aliphatic carboxylic acids is 1. The molecule has 0 spiro atoms. The van der Waals surface area contributed by atoms with Crippen molar-refractivity contribution in [1.82, 2.24) is 0 Å². The van der Waals surface area contributed by atoms with Crippen LogP contribution in [-0.4, -0.2) is 5.97 Å². The van der Waals surface area contributed by atoms with Gasteiger partial charge >= 0.3 is 5.63 Å². The maximum atomic E-state index is 12.2. The van der Waals surface area contributed by atoms with Crippen molar-refractivity contribution in [2.45, 2.75) is 13.0 Å². The highest BCUT2D eigenvalue weighted by Crippen LogP contribution is 2.34. The maximum absolute atomic E-state index is 12.2. The number of rotatable bonds is 5. The molecule has 5 nitrogen and oxygen atoms in total. The first kappa shape index (κ1) is 18.5. The number of ether oxygens (including phenoxy) is 1. The third-order valence-corrected chi connectivity index (χ3v) is 4.76. The molecule has 0 aliphatic heterocycles. The molecular formula is C24H17O5-. The lowest BCUT2D eigenvalue weighted by molar-refractivity contribution is -0.314. The third kappa shape index (κ3) is 3.62. The van der Waals surface area contributed by atoms with Gasteiger partial charge in [-0.25, -0.2) is 4.79 Å². The Hall–Kier alpha value is -3.86. The van der Waals surface area contributed by atoms with E-state index in [4.69, 9.17) is 9.15 Å². The van der Waals surface area contributed by atoms with Crippen LogP contribution in [0.2, 0.25) is 0 Å². The first-order valence-electron chi connectivity index (χ1n) is 9.10. The third-order valence-electron chi connectivity index (χ3n) is 4.76. The summed E-state index contributed by atoms with van der Waals surface area (Å²) < 4.78 is 11.2. The van der Waals surface area contributed by atoms with E-state index in [0.29, 0.717) is 22.5 Å². The first-order chi connectivity index (χ1) is 14.0. The van der Waals surface area contributed by atoms with Gasteiger partial charge in [0.2, 0.25) is 0 Å². The zero-order valence-corrected chi connectivity index (χ0v) is 15.6. The second-order valence-corrected chi connectivity index (χ2v) is 6.64. The van der Waals surface area contributed by atoms with Crippen molar-refractivity contribution in [1.29, 1.82) is 0 Å². The molecule has 0 aliphatic rings. The van der Waals surface area contributed by atoms with Gasteiger partial charge in [0.15, 0.2) is 6.10 Å². The Morgan fingerprint density at radius 2 is 1.62 bits per heavy atom. The van der Waals surface area contributed by atoms with E-state index in [0.717, 1.165) is 16.5 Å². The summed E-state index contributed by atoms with van der Waals surface area (Å²) in [5, 5.41) is 12.4. The molecule has 0 saturated carbocycles. The molecule has 4 aromatic rings. The molecule has 0 fully saturated rings. The van der Waals surface area contributed by atoms with Crippen molar-refractivity contribution in [3.8, 4) is 16.9 Å². The monoisotopic (exact) mass is 385 g/mol. The molecule has 0 aliphatic carbocycles. The molecule has 0 unspecified atom stereocenters. The highest BCUT2D eigenvalue weighted by atomic mass is 16.5. The maximum Gasteiger partial charge on any atom is 0.336 e. The molecule has 0 radical (unpaired) electrons. The van der Waals surface area contributed by atoms with Gasteiger partial charge in [-0.3, -0.25) is 0 Å². The zero-order valence-electron chi connectivity index (χ0n) is 15.6. The van der Waals surface area contributed by atoms with Crippen molar-refractivity contribution in [2.75, 3.05) is 0 Å². The highest BCUT2D eigenvalue weighted by molar-refractivity contribution is 5.95. The molecule has 1 aromatic heterocycles. The second kappa shape index (κ2) is 7.64. The Bertz CT molecular complexity index is 1230. The van der Waals surface area contributed by atoms with Crippen LogP contribution in [0.3, 0.4) is 0 Å². The molecule has 0 amide bonds. The summed E-state index contributed by atoms with van der Waals surface area (Å²) in [5.74, 6) is -1.04. The Morgan fingerprint density at radius 3 is 2.28 bits per heavy atom. The Labute approximate surface area is 166 Å². The van der Waals surface area contributed by atoms with E-state index >= 15 is 0 Å². The molecule has 0 N–H and O–H groups in total. The molecule has 3 aromatic carbocycles. The Balaban J connectivity index is 1.83. The van der Waals surface area contributed by atoms with Crippen LogP contribution in [0.25, 0.3) is 22.1 Å². The van der Waals surface area contributed by atoms with Gasteiger partial charge in [-0.05, 0) is 35.7 Å². The average molecular weight is 385 g/mol. The van der Waals surface area contributed by atoms with E-state index < -0.39 is 17.7 Å². The van der Waals surface area contributed by atoms with Gasteiger partial charge in [-0.1, -0.05) is 60.7 Å². The zero-order chi connectivity index (χ0) is 20.4. The number of carboxylic acid groups (broad SMARTS) is 1. The number of benzene rings is 3. The van der Waals surface area contributed by atoms with Gasteiger partial charge in [-0.15, -0.1) is 0 Å². The predicted octanol–water partition coefficient (Wildman–Crippen LogP) is 3.64. The van der Waals surface area contributed by atoms with Crippen LogP contribution in [0.15, 0.2) is 88.1 Å². The minimum atomic E-state index is -1.35. The van der Waals surface area contributed by atoms with Crippen LogP contribution in [0.1, 0.15) is 17.2 Å². The SMILES string of the molecule is Cc1c(O[C@@H](C(=O)[O-])c2ccccc2)ccc2c(-c3ccccc3)cc(=O)oc12. The van der Waals surface area contributed by atoms with Gasteiger partial charge in [0.05, 0.1) is 5.97 Å². The van der Waals surface area contributed by atoms with E-state index in [1.165, 1.54) is 6.07 Å². The number of carboxylic acids is 1. The quantitative estimate of drug-likeness (QED) is 0.490. The molecule has 4 rings (SSSR count). The van der Waals surface area contributed by atoms with E-state index in [1.807, 2.05) is 30.3 Å². The summed E-state index contributed by atoms with van der Waals surface area (Å²) in [6, 6.07) is 23.0. The number of hydrogen-bond donors (Lipinski definition) is 0. The Morgan fingerprint density at radius 1 is 0.966 bits per heavy atom. The minimum Gasteiger partial charge on any atom is -0.546 e. The van der Waals surface area contributed by atoms with Crippen molar-refractivity contribution in [3.05, 3.63) is 100 Å². The van der Waals surface area contributed by atoms with Gasteiger partial charge < -0.3 is 19.1 Å². The number of carbonyl (C=O) groups excluding carboxylic acids is 1. The summed E-state index contributed by atoms with van der Waals surface area (Å²) in [6.45, 7) is 1.73. The summed E-state index contributed by atoms with van der Waals surface area (Å²) in [5.41, 5.74) is 2.50. The van der Waals surface area contributed by atoms with Gasteiger partial charge in [0.1, 0.15) is 11.3 Å². The van der Waals surface area contributed by atoms with Gasteiger partial charge in [0.25, 0.3) is 0 Å². The van der Waals surface area contributed by atoms with Crippen LogP contribution < -0.4 is 15.5 Å². The number of carbonyl (C=O) groups is 1. The summed E-state index contributed by atoms with van der Waals surface area (Å²) >= 11 is 0. The van der Waals surface area contributed by atoms with Crippen LogP contribution in [0.5, 0.6) is 5.75 Å². The van der Waals surface area contributed by atoms with E-state index in [2.05, 4.69) is 0 Å². The fraction of sp³-hybridized carbons (Fsp3) is 0.0833. The molecule has 1 heterocycles. The molecule has 1 atom stereocenters. The van der Waals surface area contributed by atoms with Crippen LogP contribution in [0, 0.1) is 6.92 Å². The fourth-order valence-corrected chi connectivity index (χ4v) is 3.33. The molecule has 0 bridgehead atoms. The lowest BCUT2D eigenvalue weighted by Gasteiger charge is -2.22. The lowest BCUT2D eigenvalue weighted by atomic mass is 10.00. The van der Waals surface area contributed by atoms with E-state index in [9.17, 15) is 14.7 Å². The summed E-state index contributed by atoms with van der Waals surface area (Å²) in [7, 11) is 0. The number of fused-ring (bicyclic) bond motifs is 1. The van der Waals surface area contributed by atoms with Crippen molar-refractivity contribution in [2.24, 2.45) is 0 Å². The van der Waals surface area contributed by atoms with E-state index in [-0.39, 0.29) is 0 Å². The molecular weight excluding hydrogens is 368 g/mol. The summed E-state index contributed by atoms with van der Waals surface area (Å²) in [6.07, 6.45) is -1.28. The Kier molecular flexibility index (Phi) is 4.87. The normalized spacial score (nSPS) is 11.9. The second-order valence-electron chi connectivity index (χ2n) is 6.64. The molecule has 5 heteroatoms. The summed E-state index contributed by atoms with van der Waals surface area (Å²) in [4.78, 5) is 23.8. The largest absolute Gasteiger partial charge is 0.546 e. The number of aryl methyl sites for hydroxylation is 1. The van der Waals surface area contributed by atoms with Crippen LogP contribution >= 0.6 is 0 Å². The smallest absolute Gasteiger partial charge is 0.336 e. The van der Waals surface area contributed by atoms with Crippen molar-refractivity contribution in [3.63, 3.8) is 0 Å². The molecule has 29 heavy (non-hydrogen) atoms. The minimum absolute atomic E-state index is 0.309. The highest BCUT2D eigenvalue weighted by Gasteiger charge is 2.18. The van der Waals surface area contributed by atoms with Crippen LogP contribution in [-0.2, 0) is 4.79 Å². The van der Waals surface area contributed by atoms with E-state index in [1.54, 1.807) is 49.4 Å². The topological polar surface area (TPSA) is 79.6 Å². The van der Waals surface area contributed by atoms with Crippen molar-refractivity contribution < 1.29 is 19.1 Å². The lowest BCUT2D eigenvalue weighted by Crippen LogP contribution is -2.33. The fourth-order valence-electron chi connectivity index (χ4n) is 3.33. The average Bonchev–Trinajstić information content (AvgIpc) is 2.74. The number of hydrogen-bond acceptors (Lipinski definition) is 5. The standard InChI is InChI=1S/C24H18O5/c1-15-20(28-23(24(26)27)17-10-6-3-7-11-17)13-12-18-19(14-21(25)29-22(15)18)16-8-4-2-5-9-16/h2-14,23H,1H3,(H,26,27)/p-1/t23-/m1/s1. The van der Waals surface area contributed by atoms with Gasteiger partial charge in [-0.2, -0.15) is 0 Å². The molecule has 0 saturated heterocycles. The molecule has 144 valence electrons. The first-order valence-corrected chi connectivity index (χ1v) is 9.10. The predicted molar refractivity (Wildman–Crippen MR) is 107 cm³/mol. The van der Waals surface area contributed by atoms with Crippen molar-refractivity contribution >= 4 is 16.9 Å².